The first-order chi connectivity index (χ1) is 35.1. The Kier molecular flexibility index (Phi) is 32.2. The summed E-state index contributed by atoms with van der Waals surface area (Å²) >= 11 is 0. The summed E-state index contributed by atoms with van der Waals surface area (Å²) < 4.78 is 0. The molecule has 0 spiro atoms. The second-order valence-corrected chi connectivity index (χ2v) is 19.6. The molecule has 0 heterocycles. The van der Waals surface area contributed by atoms with Gasteiger partial charge in [0.05, 0.1) is 0 Å². The Balaban J connectivity index is 1.50. The number of amides is 6. The Labute approximate surface area is 434 Å². The topological polar surface area (TPSA) is 157 Å². The predicted molar refractivity (Wildman–Crippen MR) is 298 cm³/mol. The van der Waals surface area contributed by atoms with Crippen molar-refractivity contribution in [2.45, 2.75) is 207 Å². The predicted octanol–water partition coefficient (Wildman–Crippen LogP) is 14.7. The maximum Gasteiger partial charge on any atom is 0.255 e. The zero-order valence-electron chi connectivity index (χ0n) is 44.9. The summed E-state index contributed by atoms with van der Waals surface area (Å²) in [5, 5.41) is 11.5. The molecule has 0 aliphatic heterocycles. The van der Waals surface area contributed by atoms with Crippen molar-refractivity contribution >= 4 is 58.2 Å². The lowest BCUT2D eigenvalue weighted by atomic mass is 10.1. The molecular formula is C60H92N6O6. The summed E-state index contributed by atoms with van der Waals surface area (Å²) in [7, 11) is 0. The molecule has 3 aromatic rings. The van der Waals surface area contributed by atoms with Gasteiger partial charge in [-0.15, -0.1) is 0 Å². The van der Waals surface area contributed by atoms with Gasteiger partial charge < -0.3 is 31.1 Å². The second-order valence-electron chi connectivity index (χ2n) is 19.6. The highest BCUT2D eigenvalue weighted by Crippen LogP contribution is 2.21. The molecule has 398 valence electrons. The van der Waals surface area contributed by atoms with Crippen LogP contribution in [0.25, 0.3) is 0 Å². The van der Waals surface area contributed by atoms with E-state index in [4.69, 9.17) is 0 Å². The maximum atomic E-state index is 13.4. The smallest absolute Gasteiger partial charge is 0.255 e. The molecule has 0 saturated heterocycles. The van der Waals surface area contributed by atoms with Crippen molar-refractivity contribution in [3.05, 3.63) is 83.9 Å². The number of unbranched alkanes of at least 4 members (excludes halogenated alkanes) is 20. The molecule has 3 aromatic carbocycles. The lowest BCUT2D eigenvalue weighted by Gasteiger charge is -2.23. The monoisotopic (exact) mass is 993 g/mol. The fourth-order valence-corrected chi connectivity index (χ4v) is 8.82. The third-order valence-corrected chi connectivity index (χ3v) is 13.2. The number of nitrogens with zero attached hydrogens (tertiary/aromatic N) is 2. The van der Waals surface area contributed by atoms with Gasteiger partial charge in [-0.05, 0) is 80.3 Å². The minimum absolute atomic E-state index is 0.0150. The van der Waals surface area contributed by atoms with Gasteiger partial charge in [-0.2, -0.15) is 0 Å². The summed E-state index contributed by atoms with van der Waals surface area (Å²) in [5.74, 6) is -1.40. The van der Waals surface area contributed by atoms with Gasteiger partial charge in [0.25, 0.3) is 11.8 Å². The van der Waals surface area contributed by atoms with Crippen LogP contribution in [0.1, 0.15) is 228 Å². The largest absolute Gasteiger partial charge is 0.343 e. The van der Waals surface area contributed by atoms with E-state index in [9.17, 15) is 28.8 Å². The van der Waals surface area contributed by atoms with Crippen molar-refractivity contribution < 1.29 is 28.8 Å². The zero-order chi connectivity index (χ0) is 52.0. The molecule has 0 unspecified atom stereocenters. The lowest BCUT2D eigenvalue weighted by Crippen LogP contribution is -2.33. The summed E-state index contributed by atoms with van der Waals surface area (Å²) in [6.45, 7) is 11.8. The van der Waals surface area contributed by atoms with Crippen LogP contribution in [0.5, 0.6) is 0 Å². The maximum absolute atomic E-state index is 13.4. The number of rotatable bonds is 40. The van der Waals surface area contributed by atoms with Crippen LogP contribution in [0.4, 0.5) is 22.7 Å². The van der Waals surface area contributed by atoms with E-state index in [-0.39, 0.29) is 60.4 Å². The van der Waals surface area contributed by atoms with Crippen molar-refractivity contribution in [3.63, 3.8) is 0 Å². The molecule has 72 heavy (non-hydrogen) atoms. The van der Waals surface area contributed by atoms with Gasteiger partial charge in [0.2, 0.25) is 23.6 Å². The van der Waals surface area contributed by atoms with Gasteiger partial charge in [0.15, 0.2) is 0 Å². The Hall–Kier alpha value is -5.52. The average molecular weight is 993 g/mol. The van der Waals surface area contributed by atoms with Crippen LogP contribution in [0.15, 0.2) is 72.8 Å². The molecule has 0 radical (unpaired) electrons. The molecule has 3 rings (SSSR count). The number of benzene rings is 3. The number of nitrogens with one attached hydrogen (secondary N) is 4. The highest BCUT2D eigenvalue weighted by Gasteiger charge is 2.18. The molecule has 0 fully saturated rings. The van der Waals surface area contributed by atoms with Crippen LogP contribution in [0.3, 0.4) is 0 Å². The normalized spacial score (nSPS) is 10.9. The molecular weight excluding hydrogens is 901 g/mol. The molecule has 4 N–H and O–H groups in total. The standard InChI is InChI=1S/C60H92N6O6/c1-5-9-13-17-21-25-42-65(43-26-22-18-14-10-6-2)57(69)40-38-55(67)61-51-34-30-36-53(47-51)63-59(71)49-32-29-33-50(46-49)60(72)64-54-37-31-35-52(48-54)62-56(68)39-41-58(70)66(44-27-23-19-15-11-7-3)45-28-24-20-16-12-8-4/h29-37,46-48H,5-28,38-45H2,1-4H3,(H,61,67)(H,62,68)(H,63,71)(H,64,72). The third-order valence-electron chi connectivity index (χ3n) is 13.2. The Bertz CT molecular complexity index is 1870. The van der Waals surface area contributed by atoms with Gasteiger partial charge in [-0.1, -0.05) is 174 Å². The van der Waals surface area contributed by atoms with Crippen LogP contribution in [0.2, 0.25) is 0 Å². The van der Waals surface area contributed by atoms with Gasteiger partial charge >= 0.3 is 0 Å². The van der Waals surface area contributed by atoms with E-state index in [1.807, 2.05) is 9.80 Å². The second kappa shape index (κ2) is 38.1. The first-order valence-electron chi connectivity index (χ1n) is 28.1. The van der Waals surface area contributed by atoms with Crippen LogP contribution in [0, 0.1) is 0 Å². The van der Waals surface area contributed by atoms with E-state index in [1.165, 1.54) is 109 Å². The van der Waals surface area contributed by atoms with Crippen LogP contribution in [-0.2, 0) is 19.2 Å². The van der Waals surface area contributed by atoms with Crippen molar-refractivity contribution in [1.82, 2.24) is 9.80 Å². The molecule has 6 amide bonds. The van der Waals surface area contributed by atoms with E-state index >= 15 is 0 Å². The number of hydrogen-bond donors (Lipinski definition) is 4. The third kappa shape index (κ3) is 26.8. The van der Waals surface area contributed by atoms with Gasteiger partial charge in [-0.3, -0.25) is 28.8 Å². The van der Waals surface area contributed by atoms with Crippen molar-refractivity contribution in [3.8, 4) is 0 Å². The fourth-order valence-electron chi connectivity index (χ4n) is 8.82. The zero-order valence-corrected chi connectivity index (χ0v) is 44.9. The van der Waals surface area contributed by atoms with E-state index in [0.29, 0.717) is 22.7 Å². The summed E-state index contributed by atoms with van der Waals surface area (Å²) in [4.78, 5) is 83.6. The number of carbonyl (C=O) groups excluding carboxylic acids is 6. The SMILES string of the molecule is CCCCCCCCN(CCCCCCCC)C(=O)CCC(=O)Nc1cccc(NC(=O)c2cccc(C(=O)Nc3cccc(NC(=O)CCC(=O)N(CCCCCCCC)CCCCCCCC)c3)c2)c1. The number of hydrogen-bond acceptors (Lipinski definition) is 6. The van der Waals surface area contributed by atoms with Gasteiger partial charge in [0.1, 0.15) is 0 Å². The van der Waals surface area contributed by atoms with Crippen molar-refractivity contribution in [1.29, 1.82) is 0 Å². The fraction of sp³-hybridized carbons (Fsp3) is 0.600. The minimum atomic E-state index is -0.439. The summed E-state index contributed by atoms with van der Waals surface area (Å²) in [6, 6.07) is 20.0. The Morgan fingerprint density at radius 2 is 0.611 bits per heavy atom. The highest BCUT2D eigenvalue weighted by atomic mass is 16.2. The number of anilines is 4. The molecule has 12 nitrogen and oxygen atoms in total. The molecule has 0 atom stereocenters. The summed E-state index contributed by atoms with van der Waals surface area (Å²) in [5.41, 5.74) is 2.41. The van der Waals surface area contributed by atoms with E-state index < -0.39 is 11.8 Å². The van der Waals surface area contributed by atoms with Crippen LogP contribution >= 0.6 is 0 Å². The van der Waals surface area contributed by atoms with E-state index in [2.05, 4.69) is 49.0 Å². The van der Waals surface area contributed by atoms with Crippen LogP contribution in [-0.4, -0.2) is 71.4 Å². The average Bonchev–Trinajstić information content (AvgIpc) is 3.37. The summed E-state index contributed by atoms with van der Waals surface area (Å²) in [6.07, 6.45) is 28.2. The molecule has 0 aromatic heterocycles. The Morgan fingerprint density at radius 3 is 0.931 bits per heavy atom. The van der Waals surface area contributed by atoms with E-state index in [1.54, 1.807) is 66.7 Å². The van der Waals surface area contributed by atoms with Gasteiger partial charge in [-0.25, -0.2) is 0 Å². The Morgan fingerprint density at radius 1 is 0.333 bits per heavy atom. The highest BCUT2D eigenvalue weighted by molar-refractivity contribution is 6.09. The van der Waals surface area contributed by atoms with Crippen molar-refractivity contribution in [2.75, 3.05) is 47.4 Å². The number of carbonyl (C=O) groups is 6. The van der Waals surface area contributed by atoms with E-state index in [0.717, 1.165) is 77.5 Å². The quantitative estimate of drug-likeness (QED) is 0.0416. The lowest BCUT2D eigenvalue weighted by molar-refractivity contribution is -0.133. The molecule has 0 bridgehead atoms. The first-order valence-corrected chi connectivity index (χ1v) is 28.1. The molecule has 0 saturated carbocycles. The van der Waals surface area contributed by atoms with Crippen LogP contribution < -0.4 is 21.3 Å². The minimum Gasteiger partial charge on any atom is -0.343 e. The van der Waals surface area contributed by atoms with Crippen molar-refractivity contribution in [2.24, 2.45) is 0 Å². The molecule has 0 aliphatic carbocycles. The molecule has 0 aliphatic rings. The first kappa shape index (κ1) is 60.8. The van der Waals surface area contributed by atoms with Gasteiger partial charge in [0, 0.05) is 85.7 Å². The molecule has 12 heteroatoms.